The maximum atomic E-state index is 10.1. The van der Waals surface area contributed by atoms with E-state index in [1.54, 1.807) is 0 Å². The molecule has 14 heavy (non-hydrogen) atoms. The topological polar surface area (TPSA) is 135 Å². The third kappa shape index (κ3) is 4.47. The molecule has 0 aromatic carbocycles. The molecule has 0 bridgehead atoms. The van der Waals surface area contributed by atoms with E-state index in [4.69, 9.17) is 25.5 Å². The van der Waals surface area contributed by atoms with Gasteiger partial charge < -0.3 is 30.3 Å². The molecule has 8 heteroatoms. The number of aliphatic carboxylic acids is 1. The number of carbonyl (C=O) groups excluding carboxylic acids is 1. The summed E-state index contributed by atoms with van der Waals surface area (Å²) >= 11 is 0. The van der Waals surface area contributed by atoms with Crippen molar-refractivity contribution in [1.29, 1.82) is 0 Å². The first kappa shape index (κ1) is 16.4. The van der Waals surface area contributed by atoms with Crippen LogP contribution < -0.4 is 0 Å². The van der Waals surface area contributed by atoms with Crippen LogP contribution in [-0.4, -0.2) is 91.8 Å². The molecule has 0 rings (SSSR count). The number of hydrogen-bond donors (Lipinski definition) is 5. The molecule has 0 fully saturated rings. The summed E-state index contributed by atoms with van der Waals surface area (Å²) in [6.07, 6.45) is -8.39. The molecule has 4 atom stereocenters. The van der Waals surface area contributed by atoms with Crippen molar-refractivity contribution < 1.29 is 35.1 Å². The Morgan fingerprint density at radius 2 is 1.50 bits per heavy atom. The largest absolute Gasteiger partial charge is 0.479 e. The second kappa shape index (κ2) is 7.30. The van der Waals surface area contributed by atoms with E-state index in [2.05, 4.69) is 0 Å². The Balaban J connectivity index is 0. The number of aldehydes is 1. The number of hydrogen-bond acceptors (Lipinski definition) is 6. The summed E-state index contributed by atoms with van der Waals surface area (Å²) in [7, 11) is 0. The molecule has 1 radical (unpaired) electrons. The predicted octanol–water partition coefficient (Wildman–Crippen LogP) is -3.67. The van der Waals surface area contributed by atoms with Crippen molar-refractivity contribution in [2.75, 3.05) is 0 Å². The summed E-state index contributed by atoms with van der Waals surface area (Å²) in [6, 6.07) is 0. The van der Waals surface area contributed by atoms with Crippen LogP contribution in [0.15, 0.2) is 0 Å². The Hall–Kier alpha value is -0.0200. The SMILES string of the molecule is O=C[C@H](O)[C@@H](O)[C@H](O)[C@H](O)C(=O)O.[Na]. The maximum absolute atomic E-state index is 10.1. The van der Waals surface area contributed by atoms with Gasteiger partial charge in [0.2, 0.25) is 0 Å². The van der Waals surface area contributed by atoms with Gasteiger partial charge in [0.15, 0.2) is 12.4 Å². The van der Waals surface area contributed by atoms with Crippen LogP contribution in [-0.2, 0) is 9.59 Å². The molecule has 0 aliphatic carbocycles. The van der Waals surface area contributed by atoms with E-state index in [1.807, 2.05) is 0 Å². The van der Waals surface area contributed by atoms with Crippen LogP contribution in [0.3, 0.4) is 0 Å². The normalized spacial score (nSPS) is 18.6. The molecule has 0 aromatic heterocycles. The molecule has 0 saturated carbocycles. The van der Waals surface area contributed by atoms with E-state index in [0.29, 0.717) is 0 Å². The fourth-order valence-corrected chi connectivity index (χ4v) is 0.615. The van der Waals surface area contributed by atoms with Crippen LogP contribution >= 0.6 is 0 Å². The van der Waals surface area contributed by atoms with Crippen molar-refractivity contribution >= 4 is 41.8 Å². The summed E-state index contributed by atoms with van der Waals surface area (Å²) in [4.78, 5) is 20.0. The molecule has 0 amide bonds. The molecular weight excluding hydrogens is 207 g/mol. The van der Waals surface area contributed by atoms with Gasteiger partial charge in [0, 0.05) is 29.6 Å². The fraction of sp³-hybridized carbons (Fsp3) is 0.667. The number of carboxylic acids is 1. The van der Waals surface area contributed by atoms with E-state index in [1.165, 1.54) is 0 Å². The standard InChI is InChI=1S/C6H10O7.Na/c7-1-2(8)3(9)4(10)5(11)6(12)13;/h1-5,8-11H,(H,12,13);/t2-,3+,4-,5-;/m0./s1. The van der Waals surface area contributed by atoms with Crippen LogP contribution in [0.5, 0.6) is 0 Å². The molecule has 0 heterocycles. The Kier molecular flexibility index (Phi) is 8.55. The van der Waals surface area contributed by atoms with E-state index >= 15 is 0 Å². The van der Waals surface area contributed by atoms with E-state index in [0.717, 1.165) is 0 Å². The maximum Gasteiger partial charge on any atom is 0.335 e. The van der Waals surface area contributed by atoms with Crippen molar-refractivity contribution in [2.45, 2.75) is 24.4 Å². The second-order valence-electron chi connectivity index (χ2n) is 2.39. The molecule has 7 nitrogen and oxygen atoms in total. The van der Waals surface area contributed by atoms with Gasteiger partial charge in [0.1, 0.15) is 18.3 Å². The first-order chi connectivity index (χ1) is 5.91. The van der Waals surface area contributed by atoms with Crippen molar-refractivity contribution in [3.05, 3.63) is 0 Å². The predicted molar refractivity (Wildman–Crippen MR) is 43.5 cm³/mol. The third-order valence-corrected chi connectivity index (χ3v) is 1.42. The first-order valence-corrected chi connectivity index (χ1v) is 3.32. The van der Waals surface area contributed by atoms with Gasteiger partial charge in [-0.15, -0.1) is 0 Å². The molecule has 0 spiro atoms. The van der Waals surface area contributed by atoms with E-state index in [-0.39, 0.29) is 35.8 Å². The number of aliphatic hydroxyl groups excluding tert-OH is 4. The molecule has 77 valence electrons. The average Bonchev–Trinajstić information content (AvgIpc) is 2.12. The van der Waals surface area contributed by atoms with Gasteiger partial charge in [0.05, 0.1) is 0 Å². The molecule has 0 unspecified atom stereocenters. The third-order valence-electron chi connectivity index (χ3n) is 1.42. The van der Waals surface area contributed by atoms with Crippen molar-refractivity contribution in [3.63, 3.8) is 0 Å². The van der Waals surface area contributed by atoms with Gasteiger partial charge in [-0.1, -0.05) is 0 Å². The van der Waals surface area contributed by atoms with E-state index < -0.39 is 30.4 Å². The minimum atomic E-state index is -2.25. The number of carboxylic acid groups (broad SMARTS) is 1. The van der Waals surface area contributed by atoms with Crippen LogP contribution in [0.4, 0.5) is 0 Å². The second-order valence-corrected chi connectivity index (χ2v) is 2.39. The molecule has 0 aromatic rings. The number of aliphatic hydroxyl groups is 4. The Morgan fingerprint density at radius 3 is 1.79 bits per heavy atom. The van der Waals surface area contributed by atoms with Crippen LogP contribution in [0, 0.1) is 0 Å². The van der Waals surface area contributed by atoms with Crippen LogP contribution in [0.1, 0.15) is 0 Å². The van der Waals surface area contributed by atoms with Crippen LogP contribution in [0.25, 0.3) is 0 Å². The minimum absolute atomic E-state index is 0. The zero-order valence-electron chi connectivity index (χ0n) is 7.44. The van der Waals surface area contributed by atoms with Crippen molar-refractivity contribution in [3.8, 4) is 0 Å². The van der Waals surface area contributed by atoms with Crippen molar-refractivity contribution in [1.82, 2.24) is 0 Å². The Labute approximate surface area is 101 Å². The molecule has 0 saturated heterocycles. The molecule has 0 aliphatic heterocycles. The summed E-state index contributed by atoms with van der Waals surface area (Å²) in [5, 5.41) is 43.2. The van der Waals surface area contributed by atoms with Gasteiger partial charge in [-0.3, -0.25) is 0 Å². The quantitative estimate of drug-likeness (QED) is 0.236. The molecular formula is C6H10NaO7. The molecule has 0 aliphatic rings. The first-order valence-electron chi connectivity index (χ1n) is 3.32. The smallest absolute Gasteiger partial charge is 0.335 e. The minimum Gasteiger partial charge on any atom is -0.479 e. The Bertz CT molecular complexity index is 197. The molecule has 5 N–H and O–H groups in total. The fourth-order valence-electron chi connectivity index (χ4n) is 0.615. The van der Waals surface area contributed by atoms with Crippen LogP contribution in [0.2, 0.25) is 0 Å². The summed E-state index contributed by atoms with van der Waals surface area (Å²) in [5.74, 6) is -1.76. The summed E-state index contributed by atoms with van der Waals surface area (Å²) < 4.78 is 0. The van der Waals surface area contributed by atoms with Gasteiger partial charge in [-0.25, -0.2) is 4.79 Å². The number of carbonyl (C=O) groups is 2. The average molecular weight is 217 g/mol. The zero-order valence-corrected chi connectivity index (χ0v) is 9.44. The summed E-state index contributed by atoms with van der Waals surface area (Å²) in [6.45, 7) is 0. The number of rotatable bonds is 5. The van der Waals surface area contributed by atoms with Gasteiger partial charge in [0.25, 0.3) is 0 Å². The van der Waals surface area contributed by atoms with E-state index in [9.17, 15) is 9.59 Å². The van der Waals surface area contributed by atoms with Gasteiger partial charge >= 0.3 is 5.97 Å². The summed E-state index contributed by atoms with van der Waals surface area (Å²) in [5.41, 5.74) is 0. The van der Waals surface area contributed by atoms with Gasteiger partial charge in [-0.05, 0) is 0 Å². The monoisotopic (exact) mass is 217 g/mol. The van der Waals surface area contributed by atoms with Crippen molar-refractivity contribution in [2.24, 2.45) is 0 Å². The van der Waals surface area contributed by atoms with Gasteiger partial charge in [-0.2, -0.15) is 0 Å². The Morgan fingerprint density at radius 1 is 1.07 bits per heavy atom. The zero-order chi connectivity index (χ0) is 10.6.